The monoisotopic (exact) mass is 186 g/mol. The van der Waals surface area contributed by atoms with E-state index < -0.39 is 6.10 Å². The molecule has 1 rings (SSSR count). The Morgan fingerprint density at radius 2 is 2.46 bits per heavy atom. The molecule has 0 fully saturated rings. The van der Waals surface area contributed by atoms with Gasteiger partial charge in [0, 0.05) is 20.1 Å². The summed E-state index contributed by atoms with van der Waals surface area (Å²) in [6.45, 7) is 3.46. The summed E-state index contributed by atoms with van der Waals surface area (Å²) in [5, 5.41) is 9.70. The molecule has 1 N–H and O–H groups in total. The lowest BCUT2D eigenvalue weighted by molar-refractivity contribution is 0.0794. The molecule has 76 valence electrons. The van der Waals surface area contributed by atoms with Crippen LogP contribution < -0.4 is 0 Å². The summed E-state index contributed by atoms with van der Waals surface area (Å²) in [7, 11) is 1.67. The second-order valence-electron chi connectivity index (χ2n) is 3.56. The zero-order valence-corrected chi connectivity index (χ0v) is 8.32. The largest absolute Gasteiger partial charge is 0.495 e. The molecule has 0 bridgehead atoms. The molecule has 13 heavy (non-hydrogen) atoms. The van der Waals surface area contributed by atoms with Gasteiger partial charge in [0.25, 0.3) is 0 Å². The first-order chi connectivity index (χ1) is 6.24. The van der Waals surface area contributed by atoms with Gasteiger partial charge < -0.3 is 14.6 Å². The highest BCUT2D eigenvalue weighted by Gasteiger charge is 2.18. The van der Waals surface area contributed by atoms with Crippen molar-refractivity contribution >= 4 is 0 Å². The van der Waals surface area contributed by atoms with Crippen LogP contribution in [0.15, 0.2) is 11.8 Å². The molecule has 0 spiro atoms. The molecule has 0 aromatic carbocycles. The number of methoxy groups -OCH3 is 1. The Kier molecular flexibility index (Phi) is 4.25. The predicted octanol–water partition coefficient (Wildman–Crippen LogP) is 1.32. The lowest BCUT2D eigenvalue weighted by atomic mass is 10.0. The van der Waals surface area contributed by atoms with Crippen LogP contribution in [-0.2, 0) is 9.47 Å². The number of hydrogen-bond acceptors (Lipinski definition) is 3. The van der Waals surface area contributed by atoms with Crippen molar-refractivity contribution in [2.24, 2.45) is 5.92 Å². The first kappa shape index (κ1) is 10.5. The summed E-state index contributed by atoms with van der Waals surface area (Å²) >= 11 is 0. The minimum Gasteiger partial charge on any atom is -0.495 e. The fourth-order valence-corrected chi connectivity index (χ4v) is 1.52. The van der Waals surface area contributed by atoms with E-state index in [1.807, 2.05) is 6.08 Å². The summed E-state index contributed by atoms with van der Waals surface area (Å²) in [4.78, 5) is 0. The van der Waals surface area contributed by atoms with E-state index >= 15 is 0 Å². The van der Waals surface area contributed by atoms with Crippen LogP contribution >= 0.6 is 0 Å². The van der Waals surface area contributed by atoms with Crippen molar-refractivity contribution in [2.45, 2.75) is 25.9 Å². The topological polar surface area (TPSA) is 38.7 Å². The molecular formula is C10H18O3. The van der Waals surface area contributed by atoms with E-state index in [1.54, 1.807) is 7.11 Å². The summed E-state index contributed by atoms with van der Waals surface area (Å²) in [6, 6.07) is 0. The Bertz CT molecular complexity index is 177. The summed E-state index contributed by atoms with van der Waals surface area (Å²) in [5.74, 6) is 1.10. The Morgan fingerprint density at radius 3 is 3.00 bits per heavy atom. The standard InChI is InChI=1S/C10H18O3/c1-8(7-12-2)6-9(11)10-4-3-5-13-10/h4,8-9,11H,3,5-7H2,1-2H3. The van der Waals surface area contributed by atoms with E-state index in [0.29, 0.717) is 25.6 Å². The highest BCUT2D eigenvalue weighted by Crippen LogP contribution is 2.18. The highest BCUT2D eigenvalue weighted by molar-refractivity contribution is 5.03. The fourth-order valence-electron chi connectivity index (χ4n) is 1.52. The smallest absolute Gasteiger partial charge is 0.121 e. The molecule has 0 aromatic heterocycles. The van der Waals surface area contributed by atoms with Crippen molar-refractivity contribution in [3.63, 3.8) is 0 Å². The van der Waals surface area contributed by atoms with Gasteiger partial charge in [-0.15, -0.1) is 0 Å². The van der Waals surface area contributed by atoms with Crippen LogP contribution in [0.3, 0.4) is 0 Å². The number of aliphatic hydroxyl groups is 1. The van der Waals surface area contributed by atoms with Crippen molar-refractivity contribution < 1.29 is 14.6 Å². The van der Waals surface area contributed by atoms with Crippen LogP contribution in [0.25, 0.3) is 0 Å². The minimum absolute atomic E-state index is 0.366. The van der Waals surface area contributed by atoms with Crippen LogP contribution in [0.5, 0.6) is 0 Å². The van der Waals surface area contributed by atoms with Gasteiger partial charge in [-0.3, -0.25) is 0 Å². The van der Waals surface area contributed by atoms with Gasteiger partial charge in [0.1, 0.15) is 11.9 Å². The van der Waals surface area contributed by atoms with Crippen LogP contribution in [0, 0.1) is 5.92 Å². The van der Waals surface area contributed by atoms with Gasteiger partial charge in [0.05, 0.1) is 6.61 Å². The molecule has 3 heteroatoms. The predicted molar refractivity (Wildman–Crippen MR) is 50.3 cm³/mol. The fraction of sp³-hybridized carbons (Fsp3) is 0.800. The van der Waals surface area contributed by atoms with Crippen LogP contribution in [0.4, 0.5) is 0 Å². The SMILES string of the molecule is COCC(C)CC(O)C1=CCCO1. The highest BCUT2D eigenvalue weighted by atomic mass is 16.5. The minimum atomic E-state index is -0.451. The third kappa shape index (κ3) is 3.36. The summed E-state index contributed by atoms with van der Waals surface area (Å²) < 4.78 is 10.3. The summed E-state index contributed by atoms with van der Waals surface area (Å²) in [6.07, 6.45) is 3.14. The van der Waals surface area contributed by atoms with Crippen molar-refractivity contribution in [1.29, 1.82) is 0 Å². The van der Waals surface area contributed by atoms with Gasteiger partial charge >= 0.3 is 0 Å². The summed E-state index contributed by atoms with van der Waals surface area (Å²) in [5.41, 5.74) is 0. The van der Waals surface area contributed by atoms with E-state index in [1.165, 1.54) is 0 Å². The number of hydrogen-bond donors (Lipinski definition) is 1. The average Bonchev–Trinajstić information content (AvgIpc) is 2.55. The molecule has 1 heterocycles. The quantitative estimate of drug-likeness (QED) is 0.704. The molecule has 0 radical (unpaired) electrons. The maximum atomic E-state index is 9.70. The van der Waals surface area contributed by atoms with E-state index in [4.69, 9.17) is 9.47 Å². The molecular weight excluding hydrogens is 168 g/mol. The van der Waals surface area contributed by atoms with Crippen LogP contribution in [-0.4, -0.2) is 31.5 Å². The van der Waals surface area contributed by atoms with Crippen molar-refractivity contribution in [3.8, 4) is 0 Å². The van der Waals surface area contributed by atoms with Crippen LogP contribution in [0.2, 0.25) is 0 Å². The number of ether oxygens (including phenoxy) is 2. The molecule has 0 amide bonds. The van der Waals surface area contributed by atoms with Crippen molar-refractivity contribution in [2.75, 3.05) is 20.3 Å². The van der Waals surface area contributed by atoms with E-state index in [2.05, 4.69) is 6.92 Å². The third-order valence-corrected chi connectivity index (χ3v) is 2.14. The van der Waals surface area contributed by atoms with Gasteiger partial charge in [0.15, 0.2) is 0 Å². The Balaban J connectivity index is 2.27. The Hall–Kier alpha value is -0.540. The van der Waals surface area contributed by atoms with Gasteiger partial charge in [-0.05, 0) is 18.4 Å². The zero-order chi connectivity index (χ0) is 9.68. The number of rotatable bonds is 5. The lowest BCUT2D eigenvalue weighted by Crippen LogP contribution is -2.17. The molecule has 2 unspecified atom stereocenters. The second-order valence-corrected chi connectivity index (χ2v) is 3.56. The number of aliphatic hydroxyl groups excluding tert-OH is 1. The Labute approximate surface area is 79.3 Å². The van der Waals surface area contributed by atoms with Crippen LogP contribution in [0.1, 0.15) is 19.8 Å². The molecule has 0 aromatic rings. The van der Waals surface area contributed by atoms with Gasteiger partial charge in [-0.1, -0.05) is 6.92 Å². The second kappa shape index (κ2) is 5.25. The zero-order valence-electron chi connectivity index (χ0n) is 8.32. The van der Waals surface area contributed by atoms with Crippen molar-refractivity contribution in [1.82, 2.24) is 0 Å². The normalized spacial score (nSPS) is 20.7. The van der Waals surface area contributed by atoms with E-state index in [0.717, 1.165) is 12.2 Å². The molecule has 0 saturated heterocycles. The molecule has 1 aliphatic heterocycles. The van der Waals surface area contributed by atoms with Gasteiger partial charge in [-0.25, -0.2) is 0 Å². The van der Waals surface area contributed by atoms with E-state index in [-0.39, 0.29) is 0 Å². The van der Waals surface area contributed by atoms with Crippen molar-refractivity contribution in [3.05, 3.63) is 11.8 Å². The maximum absolute atomic E-state index is 9.70. The molecule has 3 nitrogen and oxygen atoms in total. The lowest BCUT2D eigenvalue weighted by Gasteiger charge is -2.16. The first-order valence-corrected chi connectivity index (χ1v) is 4.74. The average molecular weight is 186 g/mol. The molecule has 1 aliphatic rings. The maximum Gasteiger partial charge on any atom is 0.121 e. The molecule has 0 aliphatic carbocycles. The molecule has 2 atom stereocenters. The third-order valence-electron chi connectivity index (χ3n) is 2.14. The molecule has 0 saturated carbocycles. The van der Waals surface area contributed by atoms with E-state index in [9.17, 15) is 5.11 Å². The first-order valence-electron chi connectivity index (χ1n) is 4.74. The van der Waals surface area contributed by atoms with Gasteiger partial charge in [-0.2, -0.15) is 0 Å². The Morgan fingerprint density at radius 1 is 1.69 bits per heavy atom. The van der Waals surface area contributed by atoms with Gasteiger partial charge in [0.2, 0.25) is 0 Å².